The highest BCUT2D eigenvalue weighted by Crippen LogP contribution is 2.31. The van der Waals surface area contributed by atoms with Gasteiger partial charge in [-0.3, -0.25) is 9.10 Å². The van der Waals surface area contributed by atoms with Crippen molar-refractivity contribution >= 4 is 48.3 Å². The second-order valence-corrected chi connectivity index (χ2v) is 12.1. The fourth-order valence-corrected chi connectivity index (χ4v) is 6.49. The molecule has 0 aliphatic carbocycles. The molecule has 38 heavy (non-hydrogen) atoms. The number of carbonyl (C=O) groups excluding carboxylic acids is 1. The molecule has 8 heteroatoms. The van der Waals surface area contributed by atoms with E-state index in [0.717, 1.165) is 16.3 Å². The number of anilines is 1. The second kappa shape index (κ2) is 12.0. The summed E-state index contributed by atoms with van der Waals surface area (Å²) in [6.45, 7) is 4.09. The molecule has 0 aromatic heterocycles. The summed E-state index contributed by atoms with van der Waals surface area (Å²) in [5, 5.41) is 5.33. The largest absolute Gasteiger partial charge is 0.496 e. The lowest BCUT2D eigenvalue weighted by atomic mass is 9.96. The molecular formula is C30H31BrN2O4S. The number of ether oxygens (including phenoxy) is 1. The fourth-order valence-electron chi connectivity index (χ4n) is 4.35. The van der Waals surface area contributed by atoms with Crippen molar-refractivity contribution in [3.05, 3.63) is 101 Å². The molecule has 1 unspecified atom stereocenters. The van der Waals surface area contributed by atoms with E-state index in [0.29, 0.717) is 22.5 Å². The molecule has 0 radical (unpaired) electrons. The van der Waals surface area contributed by atoms with E-state index < -0.39 is 10.0 Å². The van der Waals surface area contributed by atoms with Gasteiger partial charge in [-0.1, -0.05) is 67.1 Å². The number of aryl methyl sites for hydroxylation is 1. The van der Waals surface area contributed by atoms with E-state index in [1.54, 1.807) is 18.2 Å². The van der Waals surface area contributed by atoms with E-state index in [9.17, 15) is 13.2 Å². The Morgan fingerprint density at radius 2 is 1.71 bits per heavy atom. The number of carbonyl (C=O) groups is 1. The minimum absolute atomic E-state index is 0.0582. The molecule has 0 bridgehead atoms. The van der Waals surface area contributed by atoms with E-state index in [1.807, 2.05) is 37.3 Å². The zero-order chi connectivity index (χ0) is 27.3. The average Bonchev–Trinajstić information content (AvgIpc) is 2.91. The third kappa shape index (κ3) is 6.37. The van der Waals surface area contributed by atoms with Gasteiger partial charge in [-0.25, -0.2) is 8.42 Å². The molecule has 1 N–H and O–H groups in total. The van der Waals surface area contributed by atoms with Gasteiger partial charge in [-0.2, -0.15) is 0 Å². The van der Waals surface area contributed by atoms with Crippen LogP contribution in [-0.4, -0.2) is 34.5 Å². The number of hydrogen-bond donors (Lipinski definition) is 1. The summed E-state index contributed by atoms with van der Waals surface area (Å²) in [7, 11) is -2.52. The van der Waals surface area contributed by atoms with Crippen molar-refractivity contribution in [1.29, 1.82) is 0 Å². The average molecular weight is 596 g/mol. The maximum absolute atomic E-state index is 13.7. The molecule has 1 atom stereocenters. The third-order valence-electron chi connectivity index (χ3n) is 6.42. The number of benzene rings is 4. The first-order valence-corrected chi connectivity index (χ1v) is 14.6. The standard InChI is InChI=1S/C30H31BrN2O4S/c1-21-11-13-25(14-12-21)33(38(35,36)26-15-16-29(37-3)28(31)18-26)20-30(34)32-19-22(2)17-24-9-6-8-23-7-4-5-10-27(23)24/h4-16,18,22H,17,19-20H2,1-3H3,(H,32,34). The summed E-state index contributed by atoms with van der Waals surface area (Å²) in [5.41, 5.74) is 2.63. The van der Waals surface area contributed by atoms with Crippen LogP contribution >= 0.6 is 15.9 Å². The number of nitrogens with zero attached hydrogens (tertiary/aromatic N) is 1. The van der Waals surface area contributed by atoms with Crippen LogP contribution in [0.5, 0.6) is 5.75 Å². The highest BCUT2D eigenvalue weighted by atomic mass is 79.9. The fraction of sp³-hybridized carbons (Fsp3) is 0.233. The first-order chi connectivity index (χ1) is 18.2. The van der Waals surface area contributed by atoms with E-state index in [2.05, 4.69) is 52.4 Å². The summed E-state index contributed by atoms with van der Waals surface area (Å²) in [4.78, 5) is 13.1. The van der Waals surface area contributed by atoms with Gasteiger partial charge in [0.15, 0.2) is 0 Å². The van der Waals surface area contributed by atoms with Gasteiger partial charge in [-0.05, 0) is 81.9 Å². The van der Waals surface area contributed by atoms with Crippen LogP contribution in [0.3, 0.4) is 0 Å². The van der Waals surface area contributed by atoms with Gasteiger partial charge in [0.25, 0.3) is 10.0 Å². The van der Waals surface area contributed by atoms with E-state index in [-0.39, 0.29) is 23.3 Å². The molecule has 6 nitrogen and oxygen atoms in total. The van der Waals surface area contributed by atoms with Gasteiger partial charge in [0.2, 0.25) is 5.91 Å². The van der Waals surface area contributed by atoms with Crippen LogP contribution in [0.4, 0.5) is 5.69 Å². The quantitative estimate of drug-likeness (QED) is 0.240. The molecular weight excluding hydrogens is 564 g/mol. The lowest BCUT2D eigenvalue weighted by molar-refractivity contribution is -0.119. The Labute approximate surface area is 232 Å². The van der Waals surface area contributed by atoms with Crippen LogP contribution in [0.2, 0.25) is 0 Å². The van der Waals surface area contributed by atoms with Crippen LogP contribution in [0.25, 0.3) is 10.8 Å². The van der Waals surface area contributed by atoms with E-state index >= 15 is 0 Å². The number of nitrogens with one attached hydrogen (secondary N) is 1. The molecule has 0 saturated heterocycles. The van der Waals surface area contributed by atoms with Crippen LogP contribution in [0.15, 0.2) is 94.3 Å². The molecule has 0 fully saturated rings. The van der Waals surface area contributed by atoms with Crippen molar-refractivity contribution in [3.63, 3.8) is 0 Å². The van der Waals surface area contributed by atoms with Crippen molar-refractivity contribution in [2.75, 3.05) is 24.5 Å². The van der Waals surface area contributed by atoms with Crippen LogP contribution in [-0.2, 0) is 21.2 Å². The van der Waals surface area contributed by atoms with Crippen LogP contribution in [0.1, 0.15) is 18.1 Å². The third-order valence-corrected chi connectivity index (χ3v) is 8.81. The van der Waals surface area contributed by atoms with E-state index in [1.165, 1.54) is 35.6 Å². The normalized spacial score (nSPS) is 12.2. The summed E-state index contributed by atoms with van der Waals surface area (Å²) < 4.78 is 34.3. The Balaban J connectivity index is 1.50. The molecule has 1 amide bonds. The van der Waals surface area contributed by atoms with Gasteiger partial charge in [0.1, 0.15) is 12.3 Å². The number of halogens is 1. The summed E-state index contributed by atoms with van der Waals surface area (Å²) in [5.74, 6) is 0.307. The minimum atomic E-state index is -4.03. The zero-order valence-electron chi connectivity index (χ0n) is 21.6. The summed E-state index contributed by atoms with van der Waals surface area (Å²) in [6.07, 6.45) is 0.793. The monoisotopic (exact) mass is 594 g/mol. The molecule has 0 saturated carbocycles. The number of methoxy groups -OCH3 is 1. The van der Waals surface area contributed by atoms with Gasteiger partial charge in [0.05, 0.1) is 22.2 Å². The smallest absolute Gasteiger partial charge is 0.264 e. The number of fused-ring (bicyclic) bond motifs is 1. The predicted molar refractivity (Wildman–Crippen MR) is 156 cm³/mol. The van der Waals surface area contributed by atoms with Gasteiger partial charge in [-0.15, -0.1) is 0 Å². The van der Waals surface area contributed by atoms with Crippen molar-refractivity contribution < 1.29 is 17.9 Å². The Morgan fingerprint density at radius 1 is 1.00 bits per heavy atom. The minimum Gasteiger partial charge on any atom is -0.496 e. The Bertz CT molecular complexity index is 1530. The highest BCUT2D eigenvalue weighted by Gasteiger charge is 2.28. The summed E-state index contributed by atoms with van der Waals surface area (Å²) >= 11 is 3.36. The van der Waals surface area contributed by atoms with Crippen molar-refractivity contribution in [3.8, 4) is 5.75 Å². The lowest BCUT2D eigenvalue weighted by Gasteiger charge is -2.25. The number of sulfonamides is 1. The highest BCUT2D eigenvalue weighted by molar-refractivity contribution is 9.10. The molecule has 0 heterocycles. The molecule has 198 valence electrons. The van der Waals surface area contributed by atoms with E-state index in [4.69, 9.17) is 4.74 Å². The Kier molecular flexibility index (Phi) is 8.74. The van der Waals surface area contributed by atoms with Crippen molar-refractivity contribution in [2.24, 2.45) is 5.92 Å². The molecule has 0 aliphatic heterocycles. The maximum Gasteiger partial charge on any atom is 0.264 e. The molecule has 0 spiro atoms. The van der Waals surface area contributed by atoms with Crippen LogP contribution < -0.4 is 14.4 Å². The maximum atomic E-state index is 13.7. The van der Waals surface area contributed by atoms with Crippen molar-refractivity contribution in [2.45, 2.75) is 25.2 Å². The predicted octanol–water partition coefficient (Wildman–Crippen LogP) is 6.11. The zero-order valence-corrected chi connectivity index (χ0v) is 24.1. The first kappa shape index (κ1) is 27.7. The van der Waals surface area contributed by atoms with Gasteiger partial charge >= 0.3 is 0 Å². The number of hydrogen-bond acceptors (Lipinski definition) is 4. The second-order valence-electron chi connectivity index (χ2n) is 9.40. The Morgan fingerprint density at radius 3 is 2.42 bits per heavy atom. The van der Waals surface area contributed by atoms with Gasteiger partial charge in [0, 0.05) is 6.54 Å². The number of amides is 1. The Hall–Kier alpha value is -3.36. The number of rotatable bonds is 10. The molecule has 4 aromatic carbocycles. The van der Waals surface area contributed by atoms with Crippen molar-refractivity contribution in [1.82, 2.24) is 5.32 Å². The molecule has 0 aliphatic rings. The topological polar surface area (TPSA) is 75.7 Å². The molecule has 4 rings (SSSR count). The van der Waals surface area contributed by atoms with Gasteiger partial charge < -0.3 is 10.1 Å². The SMILES string of the molecule is COc1ccc(S(=O)(=O)N(CC(=O)NCC(C)Cc2cccc3ccccc23)c2ccc(C)cc2)cc1Br. The molecule has 4 aromatic rings. The van der Waals surface area contributed by atoms with Crippen LogP contribution in [0, 0.1) is 12.8 Å². The first-order valence-electron chi connectivity index (χ1n) is 12.4. The lowest BCUT2D eigenvalue weighted by Crippen LogP contribution is -2.42. The summed E-state index contributed by atoms with van der Waals surface area (Å²) in [6, 6.07) is 26.1.